The van der Waals surface area contributed by atoms with Crippen LogP contribution in [-0.4, -0.2) is 83.8 Å². The van der Waals surface area contributed by atoms with Crippen LogP contribution in [0.25, 0.3) is 0 Å². The number of rotatable bonds is 8. The molecule has 1 amide bonds. The number of hydrazone groups is 1. The highest BCUT2D eigenvalue weighted by atomic mass is 16.6. The smallest absolute Gasteiger partial charge is 0.410 e. The molecular formula is C21H31N5O5. The minimum Gasteiger partial charge on any atom is -0.492 e. The van der Waals surface area contributed by atoms with Gasteiger partial charge in [0.25, 0.3) is 0 Å². The predicted octanol–water partition coefficient (Wildman–Crippen LogP) is 2.11. The first-order valence-electron chi connectivity index (χ1n) is 10.1. The van der Waals surface area contributed by atoms with E-state index >= 15 is 0 Å². The number of aliphatic carboxylic acids is 1. The number of nitrogens with two attached hydrogens (primary N) is 1. The van der Waals surface area contributed by atoms with Gasteiger partial charge in [0.2, 0.25) is 0 Å². The van der Waals surface area contributed by atoms with Crippen molar-refractivity contribution in [3.63, 3.8) is 0 Å². The van der Waals surface area contributed by atoms with E-state index < -0.39 is 11.6 Å². The van der Waals surface area contributed by atoms with Gasteiger partial charge in [0.15, 0.2) is 0 Å². The molecule has 0 unspecified atom stereocenters. The van der Waals surface area contributed by atoms with Gasteiger partial charge in [0, 0.05) is 32.7 Å². The van der Waals surface area contributed by atoms with Crippen molar-refractivity contribution in [3.8, 4) is 5.75 Å². The van der Waals surface area contributed by atoms with Crippen molar-refractivity contribution in [2.45, 2.75) is 32.8 Å². The van der Waals surface area contributed by atoms with Crippen molar-refractivity contribution < 1.29 is 24.2 Å². The Morgan fingerprint density at radius 3 is 2.35 bits per heavy atom. The summed E-state index contributed by atoms with van der Waals surface area (Å²) in [5.74, 6) is 4.85. The van der Waals surface area contributed by atoms with Crippen LogP contribution in [0.4, 0.5) is 10.5 Å². The number of benzene rings is 1. The number of carbonyl (C=O) groups is 2. The number of aliphatic imine (C=N–C) groups is 1. The lowest BCUT2D eigenvalue weighted by atomic mass is 10.2. The van der Waals surface area contributed by atoms with Crippen LogP contribution in [0, 0.1) is 0 Å². The van der Waals surface area contributed by atoms with Crippen molar-refractivity contribution in [1.82, 2.24) is 9.80 Å². The first-order chi connectivity index (χ1) is 14.7. The second-order valence-corrected chi connectivity index (χ2v) is 8.10. The fourth-order valence-electron chi connectivity index (χ4n) is 2.83. The molecule has 0 atom stereocenters. The molecule has 10 nitrogen and oxygen atoms in total. The monoisotopic (exact) mass is 433 g/mol. The van der Waals surface area contributed by atoms with Gasteiger partial charge in [-0.3, -0.25) is 14.7 Å². The highest BCUT2D eigenvalue weighted by molar-refractivity contribution is 6.34. The fourth-order valence-corrected chi connectivity index (χ4v) is 2.83. The molecule has 170 valence electrons. The van der Waals surface area contributed by atoms with Crippen molar-refractivity contribution in [3.05, 3.63) is 24.3 Å². The number of nitrogens with zero attached hydrogens (tertiary/aromatic N) is 4. The molecule has 1 aliphatic heterocycles. The highest BCUT2D eigenvalue weighted by Gasteiger charge is 2.25. The minimum absolute atomic E-state index is 0.180. The lowest BCUT2D eigenvalue weighted by Gasteiger charge is -2.35. The van der Waals surface area contributed by atoms with Crippen LogP contribution in [0.2, 0.25) is 0 Å². The molecule has 1 saturated heterocycles. The molecule has 0 radical (unpaired) electrons. The van der Waals surface area contributed by atoms with Crippen LogP contribution in [-0.2, 0) is 9.53 Å². The molecule has 3 N–H and O–H groups in total. The van der Waals surface area contributed by atoms with Gasteiger partial charge in [-0.1, -0.05) is 0 Å². The molecule has 1 aromatic rings. The standard InChI is InChI=1S/C21H31N5O5/c1-21(2,3)31-20(29)26-10-8-25(9-11-26)12-13-30-18-6-4-16(5-7-18)23-15-17(24-22)14-19(27)28/h4-7,15H,8-14,22H2,1-3H3,(H,27,28). The van der Waals surface area contributed by atoms with Crippen LogP contribution in [0.5, 0.6) is 5.75 Å². The summed E-state index contributed by atoms with van der Waals surface area (Å²) in [7, 11) is 0. The van der Waals surface area contributed by atoms with Crippen LogP contribution in [0.3, 0.4) is 0 Å². The van der Waals surface area contributed by atoms with Crippen molar-refractivity contribution in [1.29, 1.82) is 0 Å². The Kier molecular flexibility index (Phi) is 8.80. The Balaban J connectivity index is 1.71. The van der Waals surface area contributed by atoms with Crippen LogP contribution < -0.4 is 10.6 Å². The van der Waals surface area contributed by atoms with Gasteiger partial charge in [-0.15, -0.1) is 0 Å². The molecule has 0 spiro atoms. The van der Waals surface area contributed by atoms with Crippen molar-refractivity contribution in [2.24, 2.45) is 15.9 Å². The summed E-state index contributed by atoms with van der Waals surface area (Å²) in [6.07, 6.45) is 0.785. The molecule has 1 heterocycles. The maximum atomic E-state index is 12.1. The summed E-state index contributed by atoms with van der Waals surface area (Å²) in [5.41, 5.74) is 0.332. The molecule has 31 heavy (non-hydrogen) atoms. The van der Waals surface area contributed by atoms with E-state index in [0.717, 1.165) is 19.6 Å². The van der Waals surface area contributed by atoms with Gasteiger partial charge in [-0.05, 0) is 45.0 Å². The first-order valence-corrected chi connectivity index (χ1v) is 10.1. The second-order valence-electron chi connectivity index (χ2n) is 8.10. The third-order valence-corrected chi connectivity index (χ3v) is 4.40. The number of amides is 1. The SMILES string of the molecule is CC(C)(C)OC(=O)N1CCN(CCOc2ccc(N=CC(CC(=O)O)=NN)cc2)CC1. The zero-order valence-electron chi connectivity index (χ0n) is 18.3. The van der Waals surface area contributed by atoms with Crippen LogP contribution in [0.15, 0.2) is 34.4 Å². The molecule has 0 bridgehead atoms. The van der Waals surface area contributed by atoms with E-state index in [9.17, 15) is 9.59 Å². The van der Waals surface area contributed by atoms with Crippen LogP contribution in [0.1, 0.15) is 27.2 Å². The van der Waals surface area contributed by atoms with Gasteiger partial charge < -0.3 is 25.3 Å². The van der Waals surface area contributed by atoms with Gasteiger partial charge in [-0.25, -0.2) is 4.79 Å². The molecule has 2 rings (SSSR count). The molecule has 0 saturated carbocycles. The Labute approximate surface area is 182 Å². The Hall–Kier alpha value is -3.14. The maximum absolute atomic E-state index is 12.1. The van der Waals surface area contributed by atoms with E-state index in [2.05, 4.69) is 15.0 Å². The largest absolute Gasteiger partial charge is 0.492 e. The summed E-state index contributed by atoms with van der Waals surface area (Å²) in [4.78, 5) is 30.9. The normalized spacial score (nSPS) is 15.8. The quantitative estimate of drug-likeness (QED) is 0.365. The Morgan fingerprint density at radius 2 is 1.81 bits per heavy atom. The summed E-state index contributed by atoms with van der Waals surface area (Å²) < 4.78 is 11.2. The van der Waals surface area contributed by atoms with Gasteiger partial charge >= 0.3 is 12.1 Å². The zero-order chi connectivity index (χ0) is 22.9. The first kappa shape index (κ1) is 24.1. The third-order valence-electron chi connectivity index (χ3n) is 4.40. The van der Waals surface area contributed by atoms with Gasteiger partial charge in [-0.2, -0.15) is 5.10 Å². The number of hydrogen-bond acceptors (Lipinski definition) is 8. The Bertz CT molecular complexity index is 793. The molecule has 0 aliphatic carbocycles. The maximum Gasteiger partial charge on any atom is 0.410 e. The number of piperazine rings is 1. The van der Waals surface area contributed by atoms with E-state index in [-0.39, 0.29) is 18.2 Å². The summed E-state index contributed by atoms with van der Waals surface area (Å²) in [6, 6.07) is 7.12. The van der Waals surface area contributed by atoms with Crippen LogP contribution >= 0.6 is 0 Å². The number of hydrogen-bond donors (Lipinski definition) is 2. The molecular weight excluding hydrogens is 402 g/mol. The second kappa shape index (κ2) is 11.3. The van der Waals surface area contributed by atoms with Gasteiger partial charge in [0.05, 0.1) is 24.0 Å². The summed E-state index contributed by atoms with van der Waals surface area (Å²) in [6.45, 7) is 9.70. The molecule has 0 aromatic heterocycles. The average molecular weight is 434 g/mol. The van der Waals surface area contributed by atoms with E-state index in [0.29, 0.717) is 31.1 Å². The highest BCUT2D eigenvalue weighted by Crippen LogP contribution is 2.18. The van der Waals surface area contributed by atoms with Crippen molar-refractivity contribution in [2.75, 3.05) is 39.3 Å². The third kappa shape index (κ3) is 9.04. The topological polar surface area (TPSA) is 130 Å². The number of ether oxygens (including phenoxy) is 2. The van der Waals surface area contributed by atoms with Gasteiger partial charge in [0.1, 0.15) is 18.0 Å². The Morgan fingerprint density at radius 1 is 1.16 bits per heavy atom. The number of carboxylic acid groups (broad SMARTS) is 1. The molecule has 1 aromatic carbocycles. The van der Waals surface area contributed by atoms with Crippen molar-refractivity contribution >= 4 is 29.7 Å². The number of carbonyl (C=O) groups excluding carboxylic acids is 1. The zero-order valence-corrected chi connectivity index (χ0v) is 18.3. The fraction of sp³-hybridized carbons (Fsp3) is 0.524. The van der Waals surface area contributed by atoms with E-state index in [1.54, 1.807) is 29.2 Å². The van der Waals surface area contributed by atoms with E-state index in [1.807, 2.05) is 20.8 Å². The average Bonchev–Trinajstić information content (AvgIpc) is 2.71. The summed E-state index contributed by atoms with van der Waals surface area (Å²) in [5, 5.41) is 12.2. The lowest BCUT2D eigenvalue weighted by Crippen LogP contribution is -2.50. The minimum atomic E-state index is -1.02. The molecule has 1 fully saturated rings. The van der Waals surface area contributed by atoms with E-state index in [4.69, 9.17) is 20.4 Å². The van der Waals surface area contributed by atoms with E-state index in [1.165, 1.54) is 6.21 Å². The molecule has 10 heteroatoms. The summed E-state index contributed by atoms with van der Waals surface area (Å²) >= 11 is 0. The lowest BCUT2D eigenvalue weighted by molar-refractivity contribution is -0.135. The molecule has 1 aliphatic rings. The number of carboxylic acids is 1. The predicted molar refractivity (Wildman–Crippen MR) is 118 cm³/mol.